The Kier molecular flexibility index (Phi) is 7.59. The fraction of sp³-hybridized carbons (Fsp3) is 0.526. The number of nitrogens with one attached hydrogen (secondary N) is 1. The van der Waals surface area contributed by atoms with Crippen molar-refractivity contribution in [2.75, 3.05) is 30.8 Å². The summed E-state index contributed by atoms with van der Waals surface area (Å²) in [6, 6.07) is 4.07. The Morgan fingerprint density at radius 3 is 2.64 bits per heavy atom. The van der Waals surface area contributed by atoms with Crippen LogP contribution in [0.5, 0.6) is 0 Å². The molecule has 2 heterocycles. The molecule has 0 spiro atoms. The predicted octanol–water partition coefficient (Wildman–Crippen LogP) is 2.03. The van der Waals surface area contributed by atoms with Crippen molar-refractivity contribution in [3.05, 3.63) is 43.2 Å². The second-order valence-corrected chi connectivity index (χ2v) is 7.72. The minimum Gasteiger partial charge on any atom is -0.383 e. The molecule has 154 valence electrons. The number of hydrogen-bond acceptors (Lipinski definition) is 6. The van der Waals surface area contributed by atoms with Gasteiger partial charge in [-0.25, -0.2) is 4.79 Å². The molecule has 3 N–H and O–H groups in total. The van der Waals surface area contributed by atoms with Crippen LogP contribution >= 0.6 is 11.3 Å². The minimum absolute atomic E-state index is 0.0337. The Morgan fingerprint density at radius 1 is 1.36 bits per heavy atom. The summed E-state index contributed by atoms with van der Waals surface area (Å²) < 4.78 is 1.33. The third-order valence-corrected chi connectivity index (χ3v) is 5.88. The average Bonchev–Trinajstić information content (AvgIpc) is 3.18. The fourth-order valence-electron chi connectivity index (χ4n) is 3.02. The number of thiophene rings is 1. The molecule has 0 aliphatic carbocycles. The van der Waals surface area contributed by atoms with E-state index < -0.39 is 11.2 Å². The number of nitrogens with two attached hydrogens (primary N) is 1. The van der Waals surface area contributed by atoms with E-state index in [4.69, 9.17) is 5.73 Å². The molecule has 28 heavy (non-hydrogen) atoms. The van der Waals surface area contributed by atoms with Crippen LogP contribution in [-0.4, -0.2) is 40.5 Å². The van der Waals surface area contributed by atoms with Crippen LogP contribution in [0.2, 0.25) is 0 Å². The smallest absolute Gasteiger partial charge is 0.330 e. The highest BCUT2D eigenvalue weighted by atomic mass is 32.1. The lowest BCUT2D eigenvalue weighted by molar-refractivity contribution is -0.119. The van der Waals surface area contributed by atoms with Gasteiger partial charge in [-0.05, 0) is 38.8 Å². The second-order valence-electron chi connectivity index (χ2n) is 6.74. The van der Waals surface area contributed by atoms with Gasteiger partial charge < -0.3 is 10.6 Å². The van der Waals surface area contributed by atoms with E-state index in [1.807, 2.05) is 43.3 Å². The van der Waals surface area contributed by atoms with Gasteiger partial charge in [0.2, 0.25) is 5.91 Å². The first-order chi connectivity index (χ1) is 13.3. The standard InChI is InChI=1S/C19H29N5O3S/c1-5-7-10-24-17(20)16(18(26)21-19(24)27)23(6-2)15(25)12-22(4)13(3)14-9-8-11-28-14/h8-9,11,13H,5-7,10,12,20H2,1-4H3,(H,21,26,27). The summed E-state index contributed by atoms with van der Waals surface area (Å²) >= 11 is 1.63. The van der Waals surface area contributed by atoms with Crippen molar-refractivity contribution >= 4 is 28.7 Å². The predicted molar refractivity (Wildman–Crippen MR) is 114 cm³/mol. The van der Waals surface area contributed by atoms with Crippen LogP contribution in [0.3, 0.4) is 0 Å². The fourth-order valence-corrected chi connectivity index (χ4v) is 3.87. The summed E-state index contributed by atoms with van der Waals surface area (Å²) in [4.78, 5) is 44.3. The molecule has 0 aliphatic heterocycles. The number of H-pyrrole nitrogens is 1. The van der Waals surface area contributed by atoms with Gasteiger partial charge in [-0.15, -0.1) is 11.3 Å². The normalized spacial score (nSPS) is 12.3. The van der Waals surface area contributed by atoms with Crippen LogP contribution in [0, 0.1) is 0 Å². The van der Waals surface area contributed by atoms with Crippen LogP contribution in [0.25, 0.3) is 0 Å². The Labute approximate surface area is 168 Å². The number of carbonyl (C=O) groups excluding carboxylic acids is 1. The molecule has 2 rings (SSSR count). The number of anilines is 2. The molecular weight excluding hydrogens is 378 g/mol. The number of carbonyl (C=O) groups is 1. The van der Waals surface area contributed by atoms with Crippen molar-refractivity contribution in [1.29, 1.82) is 0 Å². The zero-order valence-electron chi connectivity index (χ0n) is 16.9. The summed E-state index contributed by atoms with van der Waals surface area (Å²) in [5.41, 5.74) is 5.00. The summed E-state index contributed by atoms with van der Waals surface area (Å²) in [6.07, 6.45) is 1.62. The largest absolute Gasteiger partial charge is 0.383 e. The molecule has 0 radical (unpaired) electrons. The van der Waals surface area contributed by atoms with Crippen molar-refractivity contribution in [3.8, 4) is 0 Å². The monoisotopic (exact) mass is 407 g/mol. The van der Waals surface area contributed by atoms with Gasteiger partial charge in [-0.2, -0.15) is 0 Å². The van der Waals surface area contributed by atoms with Crippen molar-refractivity contribution in [3.63, 3.8) is 0 Å². The molecule has 8 nitrogen and oxygen atoms in total. The third kappa shape index (κ3) is 4.71. The molecule has 1 unspecified atom stereocenters. The van der Waals surface area contributed by atoms with E-state index in [-0.39, 0.29) is 36.5 Å². The molecule has 2 aromatic rings. The van der Waals surface area contributed by atoms with Crippen LogP contribution in [0.1, 0.15) is 44.5 Å². The summed E-state index contributed by atoms with van der Waals surface area (Å²) in [5.74, 6) is -0.211. The van der Waals surface area contributed by atoms with Gasteiger partial charge in [0, 0.05) is 24.0 Å². The number of hydrogen-bond donors (Lipinski definition) is 2. The quantitative estimate of drug-likeness (QED) is 0.662. The maximum absolute atomic E-state index is 13.0. The highest BCUT2D eigenvalue weighted by Crippen LogP contribution is 2.24. The Morgan fingerprint density at radius 2 is 2.07 bits per heavy atom. The van der Waals surface area contributed by atoms with Crippen LogP contribution in [-0.2, 0) is 11.3 Å². The number of aromatic amines is 1. The second kappa shape index (κ2) is 9.70. The van der Waals surface area contributed by atoms with Crippen molar-refractivity contribution in [1.82, 2.24) is 14.5 Å². The van der Waals surface area contributed by atoms with Gasteiger partial charge in [0.1, 0.15) is 5.82 Å². The van der Waals surface area contributed by atoms with E-state index in [2.05, 4.69) is 4.98 Å². The summed E-state index contributed by atoms with van der Waals surface area (Å²) in [6.45, 7) is 6.61. The number of nitrogen functional groups attached to an aromatic ring is 1. The topological polar surface area (TPSA) is 104 Å². The number of amides is 1. The van der Waals surface area contributed by atoms with Crippen molar-refractivity contribution in [2.45, 2.75) is 46.2 Å². The van der Waals surface area contributed by atoms with Gasteiger partial charge in [0.25, 0.3) is 5.56 Å². The molecule has 0 saturated heterocycles. The van der Waals surface area contributed by atoms with Gasteiger partial charge in [-0.1, -0.05) is 19.4 Å². The first-order valence-corrected chi connectivity index (χ1v) is 10.4. The number of likely N-dealkylation sites (N-methyl/N-ethyl adjacent to an activating group) is 2. The number of unbranched alkanes of at least 4 members (excludes halogenated alkanes) is 1. The zero-order valence-corrected chi connectivity index (χ0v) is 17.7. The molecule has 0 fully saturated rings. The van der Waals surface area contributed by atoms with Gasteiger partial charge >= 0.3 is 5.69 Å². The van der Waals surface area contributed by atoms with Crippen LogP contribution in [0.15, 0.2) is 27.1 Å². The van der Waals surface area contributed by atoms with E-state index in [9.17, 15) is 14.4 Å². The van der Waals surface area contributed by atoms with E-state index >= 15 is 0 Å². The molecule has 0 aromatic carbocycles. The lowest BCUT2D eigenvalue weighted by atomic mass is 10.2. The average molecular weight is 408 g/mol. The molecule has 2 aromatic heterocycles. The maximum atomic E-state index is 13.0. The maximum Gasteiger partial charge on any atom is 0.330 e. The third-order valence-electron chi connectivity index (χ3n) is 4.84. The Bertz CT molecular complexity index is 903. The first-order valence-electron chi connectivity index (χ1n) is 9.48. The number of nitrogens with zero attached hydrogens (tertiary/aromatic N) is 3. The molecule has 1 atom stereocenters. The molecule has 0 saturated carbocycles. The van der Waals surface area contributed by atoms with E-state index in [1.54, 1.807) is 18.3 Å². The number of rotatable bonds is 9. The molecular formula is C19H29N5O3S. The van der Waals surface area contributed by atoms with Crippen molar-refractivity contribution in [2.24, 2.45) is 0 Å². The highest BCUT2D eigenvalue weighted by molar-refractivity contribution is 7.10. The Hall–Kier alpha value is -2.39. The lowest BCUT2D eigenvalue weighted by Crippen LogP contribution is -2.44. The lowest BCUT2D eigenvalue weighted by Gasteiger charge is -2.28. The highest BCUT2D eigenvalue weighted by Gasteiger charge is 2.25. The van der Waals surface area contributed by atoms with Crippen LogP contribution < -0.4 is 21.9 Å². The zero-order chi connectivity index (χ0) is 20.8. The molecule has 9 heteroatoms. The summed E-state index contributed by atoms with van der Waals surface area (Å²) in [7, 11) is 1.87. The van der Waals surface area contributed by atoms with Crippen LogP contribution in [0.4, 0.5) is 11.5 Å². The van der Waals surface area contributed by atoms with Gasteiger partial charge in [-0.3, -0.25) is 24.0 Å². The van der Waals surface area contributed by atoms with E-state index in [0.29, 0.717) is 6.54 Å². The van der Waals surface area contributed by atoms with Gasteiger partial charge in [0.15, 0.2) is 5.69 Å². The summed E-state index contributed by atoms with van der Waals surface area (Å²) in [5, 5.41) is 2.00. The van der Waals surface area contributed by atoms with E-state index in [1.165, 1.54) is 9.47 Å². The number of aromatic nitrogens is 2. The van der Waals surface area contributed by atoms with Crippen molar-refractivity contribution < 1.29 is 4.79 Å². The molecule has 0 aliphatic rings. The molecule has 0 bridgehead atoms. The van der Waals surface area contributed by atoms with E-state index in [0.717, 1.165) is 17.7 Å². The SMILES string of the molecule is CCCCn1c(N)c(N(CC)C(=O)CN(C)C(C)c2cccs2)c(=O)[nH]c1=O. The first kappa shape index (κ1) is 21.9. The van der Waals surface area contributed by atoms with Gasteiger partial charge in [0.05, 0.1) is 6.54 Å². The minimum atomic E-state index is -0.639. The Balaban J connectivity index is 2.30. The molecule has 1 amide bonds.